The fraction of sp³-hybridized carbons (Fsp3) is 0. The van der Waals surface area contributed by atoms with E-state index in [0.717, 1.165) is 11.4 Å². The van der Waals surface area contributed by atoms with Gasteiger partial charge in [-0.2, -0.15) is 0 Å². The molecule has 2 rings (SSSR count). The second-order valence-electron chi connectivity index (χ2n) is 3.67. The molecule has 0 bridgehead atoms. The number of anilines is 2. The number of rotatable bonds is 3. The van der Waals surface area contributed by atoms with Crippen LogP contribution in [0.25, 0.3) is 0 Å². The van der Waals surface area contributed by atoms with Crippen molar-refractivity contribution in [1.29, 1.82) is 5.41 Å². The molecule has 0 heterocycles. The second kappa shape index (κ2) is 4.57. The molecule has 17 heavy (non-hydrogen) atoms. The van der Waals surface area contributed by atoms with Gasteiger partial charge in [0.15, 0.2) is 0 Å². The third-order valence-electron chi connectivity index (χ3n) is 2.33. The van der Waals surface area contributed by atoms with Crippen LogP contribution in [0.3, 0.4) is 0 Å². The van der Waals surface area contributed by atoms with Gasteiger partial charge in [-0.1, -0.05) is 6.07 Å². The summed E-state index contributed by atoms with van der Waals surface area (Å²) in [6.07, 6.45) is 0. The van der Waals surface area contributed by atoms with Gasteiger partial charge in [-0.25, -0.2) is 0 Å². The van der Waals surface area contributed by atoms with Crippen LogP contribution in [-0.2, 0) is 0 Å². The van der Waals surface area contributed by atoms with E-state index in [4.69, 9.17) is 11.1 Å². The van der Waals surface area contributed by atoms with Crippen molar-refractivity contribution in [2.24, 2.45) is 5.73 Å². The Kier molecular flexibility index (Phi) is 2.96. The molecule has 0 aliphatic carbocycles. The number of amidine groups is 1. The molecule has 0 fully saturated rings. The number of phenols is 1. The van der Waals surface area contributed by atoms with E-state index in [2.05, 4.69) is 5.32 Å². The van der Waals surface area contributed by atoms with Crippen LogP contribution in [0.1, 0.15) is 5.56 Å². The largest absolute Gasteiger partial charge is 0.508 e. The minimum absolute atomic E-state index is 0.0499. The summed E-state index contributed by atoms with van der Waals surface area (Å²) in [6.45, 7) is 0. The van der Waals surface area contributed by atoms with Crippen molar-refractivity contribution in [3.63, 3.8) is 0 Å². The van der Waals surface area contributed by atoms with Crippen LogP contribution >= 0.6 is 0 Å². The van der Waals surface area contributed by atoms with E-state index < -0.39 is 0 Å². The van der Waals surface area contributed by atoms with E-state index in [-0.39, 0.29) is 11.6 Å². The zero-order valence-corrected chi connectivity index (χ0v) is 9.14. The summed E-state index contributed by atoms with van der Waals surface area (Å²) >= 11 is 0. The normalized spacial score (nSPS) is 9.88. The first-order valence-electron chi connectivity index (χ1n) is 5.16. The van der Waals surface area contributed by atoms with Crippen LogP contribution in [0.15, 0.2) is 48.5 Å². The Bertz CT molecular complexity index is 535. The molecule has 0 aliphatic heterocycles. The number of hydrogen-bond acceptors (Lipinski definition) is 3. The first-order chi connectivity index (χ1) is 8.15. The summed E-state index contributed by atoms with van der Waals surface area (Å²) in [5, 5.41) is 19.7. The molecule has 0 radical (unpaired) electrons. The highest BCUT2D eigenvalue weighted by Crippen LogP contribution is 2.20. The highest BCUT2D eigenvalue weighted by molar-refractivity contribution is 5.95. The van der Waals surface area contributed by atoms with Crippen molar-refractivity contribution in [3.05, 3.63) is 54.1 Å². The summed E-state index contributed by atoms with van der Waals surface area (Å²) < 4.78 is 0. The van der Waals surface area contributed by atoms with E-state index >= 15 is 0 Å². The molecule has 86 valence electrons. The number of nitrogens with one attached hydrogen (secondary N) is 2. The van der Waals surface area contributed by atoms with Crippen molar-refractivity contribution >= 4 is 17.2 Å². The maximum atomic E-state index is 9.32. The lowest BCUT2D eigenvalue weighted by Gasteiger charge is -2.07. The van der Waals surface area contributed by atoms with Crippen molar-refractivity contribution in [1.82, 2.24) is 0 Å². The summed E-state index contributed by atoms with van der Waals surface area (Å²) in [5.74, 6) is 0.268. The van der Waals surface area contributed by atoms with Crippen LogP contribution in [0, 0.1) is 5.41 Å². The zero-order chi connectivity index (χ0) is 12.3. The molecule has 2 aromatic rings. The molecule has 2 aromatic carbocycles. The lowest BCUT2D eigenvalue weighted by molar-refractivity contribution is 0.475. The molecule has 0 unspecified atom stereocenters. The van der Waals surface area contributed by atoms with E-state index in [1.807, 2.05) is 18.2 Å². The molecule has 0 saturated heterocycles. The Balaban J connectivity index is 2.16. The van der Waals surface area contributed by atoms with E-state index in [0.29, 0.717) is 5.56 Å². The first-order valence-corrected chi connectivity index (χ1v) is 5.16. The summed E-state index contributed by atoms with van der Waals surface area (Å²) in [6, 6.07) is 14.1. The van der Waals surface area contributed by atoms with Crippen LogP contribution in [-0.4, -0.2) is 10.9 Å². The summed E-state index contributed by atoms with van der Waals surface area (Å²) in [5.41, 5.74) is 7.73. The van der Waals surface area contributed by atoms with Gasteiger partial charge in [0.25, 0.3) is 0 Å². The molecular weight excluding hydrogens is 214 g/mol. The average molecular weight is 227 g/mol. The minimum Gasteiger partial charge on any atom is -0.508 e. The third-order valence-corrected chi connectivity index (χ3v) is 2.33. The zero-order valence-electron chi connectivity index (χ0n) is 9.14. The Morgan fingerprint density at radius 3 is 2.35 bits per heavy atom. The maximum Gasteiger partial charge on any atom is 0.122 e. The average Bonchev–Trinajstić information content (AvgIpc) is 2.29. The Labute approximate surface area is 99.2 Å². The minimum atomic E-state index is 0.0499. The molecule has 5 N–H and O–H groups in total. The topological polar surface area (TPSA) is 82.1 Å². The van der Waals surface area contributed by atoms with Gasteiger partial charge < -0.3 is 16.2 Å². The van der Waals surface area contributed by atoms with Gasteiger partial charge in [0, 0.05) is 23.0 Å². The SMILES string of the molecule is N=C(N)c1ccc(Nc2cccc(O)c2)cc1. The molecule has 0 atom stereocenters. The quantitative estimate of drug-likeness (QED) is 0.480. The maximum absolute atomic E-state index is 9.32. The molecule has 0 saturated carbocycles. The van der Waals surface area contributed by atoms with Gasteiger partial charge in [-0.05, 0) is 36.4 Å². The highest BCUT2D eigenvalue weighted by Gasteiger charge is 1.98. The number of hydrogen-bond donors (Lipinski definition) is 4. The van der Waals surface area contributed by atoms with Gasteiger partial charge >= 0.3 is 0 Å². The van der Waals surface area contributed by atoms with Crippen LogP contribution in [0.5, 0.6) is 5.75 Å². The summed E-state index contributed by atoms with van der Waals surface area (Å²) in [7, 11) is 0. The Hall–Kier alpha value is -2.49. The predicted molar refractivity (Wildman–Crippen MR) is 68.8 cm³/mol. The van der Waals surface area contributed by atoms with E-state index in [9.17, 15) is 5.11 Å². The number of nitrogens with two attached hydrogens (primary N) is 1. The molecule has 0 aromatic heterocycles. The highest BCUT2D eigenvalue weighted by atomic mass is 16.3. The Morgan fingerprint density at radius 2 is 1.76 bits per heavy atom. The molecule has 0 aliphatic rings. The fourth-order valence-electron chi connectivity index (χ4n) is 1.48. The molecule has 0 spiro atoms. The second-order valence-corrected chi connectivity index (χ2v) is 3.67. The number of benzene rings is 2. The standard InChI is InChI=1S/C13H13N3O/c14-13(15)9-4-6-10(7-5-9)16-11-2-1-3-12(17)8-11/h1-8,16-17H,(H3,14,15). The van der Waals surface area contributed by atoms with Gasteiger partial charge in [-0.15, -0.1) is 0 Å². The molecule has 4 nitrogen and oxygen atoms in total. The fourth-order valence-corrected chi connectivity index (χ4v) is 1.48. The number of phenolic OH excluding ortho intramolecular Hbond substituents is 1. The van der Waals surface area contributed by atoms with Crippen molar-refractivity contribution < 1.29 is 5.11 Å². The van der Waals surface area contributed by atoms with Gasteiger partial charge in [0.1, 0.15) is 11.6 Å². The lowest BCUT2D eigenvalue weighted by atomic mass is 10.2. The first kappa shape index (κ1) is 11.0. The Morgan fingerprint density at radius 1 is 1.06 bits per heavy atom. The monoisotopic (exact) mass is 227 g/mol. The van der Waals surface area contributed by atoms with Crippen LogP contribution in [0.4, 0.5) is 11.4 Å². The van der Waals surface area contributed by atoms with E-state index in [1.165, 1.54) is 0 Å². The van der Waals surface area contributed by atoms with Gasteiger partial charge in [-0.3, -0.25) is 5.41 Å². The predicted octanol–water partition coefficient (Wildman–Crippen LogP) is 2.42. The summed E-state index contributed by atoms with van der Waals surface area (Å²) in [4.78, 5) is 0. The number of nitrogen functional groups attached to an aromatic ring is 1. The molecule has 4 heteroatoms. The van der Waals surface area contributed by atoms with Crippen LogP contribution in [0.2, 0.25) is 0 Å². The third kappa shape index (κ3) is 2.75. The van der Waals surface area contributed by atoms with Crippen LogP contribution < -0.4 is 11.1 Å². The molecule has 0 amide bonds. The smallest absolute Gasteiger partial charge is 0.122 e. The van der Waals surface area contributed by atoms with Crippen molar-refractivity contribution in [2.45, 2.75) is 0 Å². The lowest BCUT2D eigenvalue weighted by Crippen LogP contribution is -2.10. The van der Waals surface area contributed by atoms with Crippen molar-refractivity contribution in [2.75, 3.05) is 5.32 Å². The van der Waals surface area contributed by atoms with Crippen molar-refractivity contribution in [3.8, 4) is 5.75 Å². The number of aromatic hydroxyl groups is 1. The van der Waals surface area contributed by atoms with E-state index in [1.54, 1.807) is 30.3 Å². The van der Waals surface area contributed by atoms with Gasteiger partial charge in [0.05, 0.1) is 0 Å². The van der Waals surface area contributed by atoms with Gasteiger partial charge in [0.2, 0.25) is 0 Å². The molecular formula is C13H13N3O.